The molecule has 1 aliphatic heterocycles. The number of benzene rings is 2. The number of carbonyl (C=O) groups excluding carboxylic acids is 1. The molecule has 7 heteroatoms. The number of nitrogens with one attached hydrogen (secondary N) is 1. The summed E-state index contributed by atoms with van der Waals surface area (Å²) in [5, 5.41) is 7.74. The van der Waals surface area contributed by atoms with Gasteiger partial charge in [0.05, 0.1) is 36.1 Å². The first kappa shape index (κ1) is 19.4. The number of rotatable bonds is 5. The van der Waals surface area contributed by atoms with E-state index >= 15 is 0 Å². The van der Waals surface area contributed by atoms with Crippen molar-refractivity contribution in [3.05, 3.63) is 65.4 Å². The predicted molar refractivity (Wildman–Crippen MR) is 115 cm³/mol. The van der Waals surface area contributed by atoms with E-state index in [1.165, 1.54) is 0 Å². The lowest BCUT2D eigenvalue weighted by molar-refractivity contribution is -0.113. The van der Waals surface area contributed by atoms with Gasteiger partial charge in [0, 0.05) is 5.56 Å². The molecule has 2 heterocycles. The molecule has 0 unspecified atom stereocenters. The number of carbonyl (C=O) groups is 1. The standard InChI is InChI=1S/C22H23N3O3S/c1-4-28-17-11-10-15(12-18(17)27-3)21-20-14(2)24-25(16-8-6-5-7-9-16)22(20)23-19(26)13-29-21/h5-12,21H,4,13H2,1-3H3,(H,23,26)/t21-/m0/s1. The van der Waals surface area contributed by atoms with E-state index < -0.39 is 0 Å². The molecule has 1 aromatic heterocycles. The number of fused-ring (bicyclic) bond motifs is 1. The van der Waals surface area contributed by atoms with Gasteiger partial charge in [-0.2, -0.15) is 5.10 Å². The van der Waals surface area contributed by atoms with Crippen molar-refractivity contribution >= 4 is 23.5 Å². The molecule has 0 spiro atoms. The van der Waals surface area contributed by atoms with Crippen LogP contribution < -0.4 is 14.8 Å². The van der Waals surface area contributed by atoms with E-state index in [4.69, 9.17) is 14.6 Å². The van der Waals surface area contributed by atoms with Crippen LogP contribution in [0.25, 0.3) is 5.69 Å². The maximum Gasteiger partial charge on any atom is 0.235 e. The minimum absolute atomic E-state index is 0.0336. The molecule has 0 bridgehead atoms. The number of methoxy groups -OCH3 is 1. The summed E-state index contributed by atoms with van der Waals surface area (Å²) in [4.78, 5) is 12.5. The van der Waals surface area contributed by atoms with Gasteiger partial charge in [-0.3, -0.25) is 4.79 Å². The summed E-state index contributed by atoms with van der Waals surface area (Å²) < 4.78 is 13.0. The molecule has 0 saturated heterocycles. The van der Waals surface area contributed by atoms with Crippen molar-refractivity contribution in [1.29, 1.82) is 0 Å². The molecule has 150 valence electrons. The van der Waals surface area contributed by atoms with Crippen molar-refractivity contribution in [2.24, 2.45) is 0 Å². The van der Waals surface area contributed by atoms with Gasteiger partial charge in [-0.15, -0.1) is 11.8 Å². The number of aromatic nitrogens is 2. The number of ether oxygens (including phenoxy) is 2. The van der Waals surface area contributed by atoms with Gasteiger partial charge in [0.15, 0.2) is 11.5 Å². The average Bonchev–Trinajstić information content (AvgIpc) is 2.94. The highest BCUT2D eigenvalue weighted by molar-refractivity contribution is 8.00. The van der Waals surface area contributed by atoms with Crippen LogP contribution >= 0.6 is 11.8 Å². The Bertz CT molecular complexity index is 1030. The zero-order chi connectivity index (χ0) is 20.4. The van der Waals surface area contributed by atoms with Gasteiger partial charge >= 0.3 is 0 Å². The summed E-state index contributed by atoms with van der Waals surface area (Å²) in [6.07, 6.45) is 0. The van der Waals surface area contributed by atoms with Crippen LogP contribution in [-0.4, -0.2) is 35.2 Å². The van der Waals surface area contributed by atoms with Gasteiger partial charge in [-0.1, -0.05) is 24.3 Å². The van der Waals surface area contributed by atoms with Crippen LogP contribution in [0.3, 0.4) is 0 Å². The summed E-state index contributed by atoms with van der Waals surface area (Å²) in [6.45, 7) is 4.49. The molecule has 1 amide bonds. The lowest BCUT2D eigenvalue weighted by atomic mass is 10.0. The van der Waals surface area contributed by atoms with Crippen LogP contribution in [0.4, 0.5) is 5.82 Å². The topological polar surface area (TPSA) is 65.4 Å². The molecular weight excluding hydrogens is 386 g/mol. The molecule has 0 radical (unpaired) electrons. The highest BCUT2D eigenvalue weighted by atomic mass is 32.2. The zero-order valence-corrected chi connectivity index (χ0v) is 17.5. The van der Waals surface area contributed by atoms with E-state index in [2.05, 4.69) is 5.32 Å². The minimum atomic E-state index is -0.0500. The number of anilines is 1. The number of thioether (sulfide) groups is 1. The summed E-state index contributed by atoms with van der Waals surface area (Å²) in [7, 11) is 1.64. The van der Waals surface area contributed by atoms with Crippen LogP contribution in [0.5, 0.6) is 11.5 Å². The van der Waals surface area contributed by atoms with Crippen molar-refractivity contribution in [2.75, 3.05) is 24.8 Å². The number of aryl methyl sites for hydroxylation is 1. The molecular formula is C22H23N3O3S. The first-order valence-electron chi connectivity index (χ1n) is 9.49. The highest BCUT2D eigenvalue weighted by Gasteiger charge is 2.31. The van der Waals surface area contributed by atoms with Gasteiger partial charge in [0.25, 0.3) is 0 Å². The normalized spacial score (nSPS) is 16.0. The second-order valence-corrected chi connectivity index (χ2v) is 7.77. The third-order valence-corrected chi connectivity index (χ3v) is 6.07. The summed E-state index contributed by atoms with van der Waals surface area (Å²) in [5.41, 5.74) is 3.85. The number of hydrogen-bond acceptors (Lipinski definition) is 5. The molecule has 0 aliphatic carbocycles. The number of nitrogens with zero attached hydrogens (tertiary/aromatic N) is 2. The smallest absolute Gasteiger partial charge is 0.235 e. The van der Waals surface area contributed by atoms with Crippen molar-refractivity contribution in [1.82, 2.24) is 9.78 Å². The summed E-state index contributed by atoms with van der Waals surface area (Å²) in [5.74, 6) is 2.45. The monoisotopic (exact) mass is 409 g/mol. The fourth-order valence-corrected chi connectivity index (χ4v) is 4.70. The highest BCUT2D eigenvalue weighted by Crippen LogP contribution is 2.45. The Balaban J connectivity index is 1.84. The van der Waals surface area contributed by atoms with Gasteiger partial charge in [-0.25, -0.2) is 4.68 Å². The number of hydrogen-bond donors (Lipinski definition) is 1. The van der Waals surface area contributed by atoms with Gasteiger partial charge in [0.2, 0.25) is 5.91 Å². The van der Waals surface area contributed by atoms with E-state index in [9.17, 15) is 4.79 Å². The van der Waals surface area contributed by atoms with Crippen LogP contribution in [-0.2, 0) is 4.79 Å². The van der Waals surface area contributed by atoms with E-state index in [0.29, 0.717) is 23.9 Å². The largest absolute Gasteiger partial charge is 0.493 e. The molecule has 3 aromatic rings. The number of amides is 1. The van der Waals surface area contributed by atoms with Gasteiger partial charge in [0.1, 0.15) is 5.82 Å². The molecule has 6 nitrogen and oxygen atoms in total. The molecule has 1 aliphatic rings. The minimum Gasteiger partial charge on any atom is -0.493 e. The third-order valence-electron chi connectivity index (χ3n) is 4.80. The number of para-hydroxylation sites is 1. The van der Waals surface area contributed by atoms with Gasteiger partial charge in [-0.05, 0) is 43.7 Å². The summed E-state index contributed by atoms with van der Waals surface area (Å²) >= 11 is 1.59. The SMILES string of the molecule is CCOc1ccc([C@@H]2SCC(=O)Nc3c2c(C)nn3-c2ccccc2)cc1OC. The second kappa shape index (κ2) is 8.21. The molecule has 1 atom stereocenters. The van der Waals surface area contributed by atoms with Crippen LogP contribution in [0.15, 0.2) is 48.5 Å². The molecule has 0 saturated carbocycles. The van der Waals surface area contributed by atoms with Crippen molar-refractivity contribution in [2.45, 2.75) is 19.1 Å². The molecule has 1 N–H and O–H groups in total. The quantitative estimate of drug-likeness (QED) is 0.678. The molecule has 2 aromatic carbocycles. The van der Waals surface area contributed by atoms with Crippen molar-refractivity contribution in [3.8, 4) is 17.2 Å². The van der Waals surface area contributed by atoms with E-state index in [-0.39, 0.29) is 11.2 Å². The molecule has 29 heavy (non-hydrogen) atoms. The molecule has 4 rings (SSSR count). The maximum absolute atomic E-state index is 12.5. The van der Waals surface area contributed by atoms with Crippen LogP contribution in [0, 0.1) is 6.92 Å². The van der Waals surface area contributed by atoms with Crippen molar-refractivity contribution < 1.29 is 14.3 Å². The Hall–Kier alpha value is -2.93. The Morgan fingerprint density at radius 2 is 2.00 bits per heavy atom. The fourth-order valence-electron chi connectivity index (χ4n) is 3.52. The van der Waals surface area contributed by atoms with Gasteiger partial charge < -0.3 is 14.8 Å². The van der Waals surface area contributed by atoms with E-state index in [0.717, 1.165) is 28.3 Å². The Morgan fingerprint density at radius 1 is 1.21 bits per heavy atom. The predicted octanol–water partition coefficient (Wildman–Crippen LogP) is 4.36. The lowest BCUT2D eigenvalue weighted by Crippen LogP contribution is -2.15. The van der Waals surface area contributed by atoms with Crippen molar-refractivity contribution in [3.63, 3.8) is 0 Å². The Kier molecular flexibility index (Phi) is 5.49. The maximum atomic E-state index is 12.5. The van der Waals surface area contributed by atoms with E-state index in [1.807, 2.05) is 67.1 Å². The zero-order valence-electron chi connectivity index (χ0n) is 16.6. The first-order chi connectivity index (χ1) is 14.1. The fraction of sp³-hybridized carbons (Fsp3) is 0.273. The van der Waals surface area contributed by atoms with Crippen LogP contribution in [0.1, 0.15) is 29.0 Å². The second-order valence-electron chi connectivity index (χ2n) is 6.68. The third kappa shape index (κ3) is 3.70. The lowest BCUT2D eigenvalue weighted by Gasteiger charge is -2.18. The Labute approximate surface area is 174 Å². The van der Waals surface area contributed by atoms with E-state index in [1.54, 1.807) is 18.9 Å². The first-order valence-corrected chi connectivity index (χ1v) is 10.5. The molecule has 0 fully saturated rings. The van der Waals surface area contributed by atoms with Crippen LogP contribution in [0.2, 0.25) is 0 Å². The Morgan fingerprint density at radius 3 is 2.72 bits per heavy atom. The average molecular weight is 410 g/mol. The summed E-state index contributed by atoms with van der Waals surface area (Å²) in [6, 6.07) is 15.8.